The lowest BCUT2D eigenvalue weighted by Crippen LogP contribution is -2.34. The third-order valence-electron chi connectivity index (χ3n) is 2.83. The van der Waals surface area contributed by atoms with Crippen molar-refractivity contribution in [2.45, 2.75) is 19.0 Å². The first kappa shape index (κ1) is 12.9. The molecule has 18 heavy (non-hydrogen) atoms. The highest BCUT2D eigenvalue weighted by atomic mass is 19.4. The molecule has 1 aromatic rings. The highest BCUT2D eigenvalue weighted by Gasteiger charge is 2.30. The Morgan fingerprint density at radius 1 is 1.28 bits per heavy atom. The van der Waals surface area contributed by atoms with Crippen LogP contribution in [0.25, 0.3) is 0 Å². The first-order valence-corrected chi connectivity index (χ1v) is 5.51. The van der Waals surface area contributed by atoms with Gasteiger partial charge in [-0.1, -0.05) is 24.3 Å². The standard InChI is InChI=1S/C12H12F3NO2/c13-12(14,15)7-18-16-11(17)10-5-8-3-1-2-4-9(8)6-10/h1-4,10H,5-7H2,(H,16,17). The third kappa shape index (κ3) is 3.22. The zero-order valence-electron chi connectivity index (χ0n) is 9.46. The fraction of sp³-hybridized carbons (Fsp3) is 0.417. The maximum atomic E-state index is 11.8. The van der Waals surface area contributed by atoms with Crippen LogP contribution in [0.5, 0.6) is 0 Å². The van der Waals surface area contributed by atoms with E-state index in [0.29, 0.717) is 12.8 Å². The van der Waals surface area contributed by atoms with Crippen molar-refractivity contribution in [2.24, 2.45) is 5.92 Å². The molecule has 1 amide bonds. The quantitative estimate of drug-likeness (QED) is 0.843. The van der Waals surface area contributed by atoms with Gasteiger partial charge < -0.3 is 0 Å². The Balaban J connectivity index is 1.83. The number of rotatable bonds is 3. The topological polar surface area (TPSA) is 38.3 Å². The Kier molecular flexibility index (Phi) is 3.56. The minimum Gasteiger partial charge on any atom is -0.272 e. The zero-order valence-corrected chi connectivity index (χ0v) is 9.46. The van der Waals surface area contributed by atoms with Crippen LogP contribution in [0.2, 0.25) is 0 Å². The predicted octanol–water partition coefficient (Wildman–Crippen LogP) is 2.01. The molecule has 0 bridgehead atoms. The summed E-state index contributed by atoms with van der Waals surface area (Å²) in [5, 5.41) is 0. The van der Waals surface area contributed by atoms with Crippen molar-refractivity contribution < 1.29 is 22.8 Å². The highest BCUT2D eigenvalue weighted by Crippen LogP contribution is 2.26. The summed E-state index contributed by atoms with van der Waals surface area (Å²) in [6, 6.07) is 7.58. The fourth-order valence-electron chi connectivity index (χ4n) is 2.02. The summed E-state index contributed by atoms with van der Waals surface area (Å²) in [5.41, 5.74) is 3.98. The van der Waals surface area contributed by atoms with Crippen LogP contribution in [0.4, 0.5) is 13.2 Å². The van der Waals surface area contributed by atoms with Crippen LogP contribution in [-0.2, 0) is 22.5 Å². The van der Waals surface area contributed by atoms with Crippen LogP contribution >= 0.6 is 0 Å². The minimum atomic E-state index is -4.44. The first-order valence-electron chi connectivity index (χ1n) is 5.51. The van der Waals surface area contributed by atoms with Crippen LogP contribution in [-0.4, -0.2) is 18.7 Å². The number of halogens is 3. The monoisotopic (exact) mass is 259 g/mol. The maximum absolute atomic E-state index is 11.8. The van der Waals surface area contributed by atoms with E-state index in [1.165, 1.54) is 0 Å². The molecular weight excluding hydrogens is 247 g/mol. The van der Waals surface area contributed by atoms with E-state index in [9.17, 15) is 18.0 Å². The molecule has 0 heterocycles. The molecule has 1 aliphatic rings. The maximum Gasteiger partial charge on any atom is 0.414 e. The molecule has 2 rings (SSSR count). The predicted molar refractivity (Wildman–Crippen MR) is 57.5 cm³/mol. The van der Waals surface area contributed by atoms with E-state index in [1.807, 2.05) is 29.7 Å². The lowest BCUT2D eigenvalue weighted by Gasteiger charge is -2.11. The SMILES string of the molecule is O=C(NOCC(F)(F)F)C1Cc2ccccc2C1. The van der Waals surface area contributed by atoms with Gasteiger partial charge in [-0.25, -0.2) is 5.48 Å². The molecule has 3 nitrogen and oxygen atoms in total. The number of fused-ring (bicyclic) bond motifs is 1. The molecule has 98 valence electrons. The van der Waals surface area contributed by atoms with Gasteiger partial charge in [0.05, 0.1) is 0 Å². The lowest BCUT2D eigenvalue weighted by molar-refractivity contribution is -0.192. The van der Waals surface area contributed by atoms with E-state index >= 15 is 0 Å². The van der Waals surface area contributed by atoms with Gasteiger partial charge in [0.15, 0.2) is 6.61 Å². The largest absolute Gasteiger partial charge is 0.414 e. The second-order valence-corrected chi connectivity index (χ2v) is 4.24. The molecule has 0 aliphatic heterocycles. The van der Waals surface area contributed by atoms with Crippen molar-refractivity contribution in [1.82, 2.24) is 5.48 Å². The fourth-order valence-corrected chi connectivity index (χ4v) is 2.02. The minimum absolute atomic E-state index is 0.351. The Morgan fingerprint density at radius 2 is 1.83 bits per heavy atom. The van der Waals surface area contributed by atoms with E-state index in [4.69, 9.17) is 0 Å². The van der Waals surface area contributed by atoms with Crippen molar-refractivity contribution in [3.8, 4) is 0 Å². The molecule has 0 fully saturated rings. The van der Waals surface area contributed by atoms with Gasteiger partial charge in [-0.3, -0.25) is 9.63 Å². The van der Waals surface area contributed by atoms with Gasteiger partial charge in [-0.05, 0) is 24.0 Å². The lowest BCUT2D eigenvalue weighted by atomic mass is 10.1. The summed E-state index contributed by atoms with van der Waals surface area (Å²) in [5.74, 6) is -0.855. The molecule has 6 heteroatoms. The molecule has 0 saturated carbocycles. The number of hydrogen-bond acceptors (Lipinski definition) is 2. The summed E-state index contributed by atoms with van der Waals surface area (Å²) in [7, 11) is 0. The molecule has 1 aromatic carbocycles. The van der Waals surface area contributed by atoms with Crippen molar-refractivity contribution in [1.29, 1.82) is 0 Å². The number of carbonyl (C=O) groups is 1. The van der Waals surface area contributed by atoms with Crippen LogP contribution < -0.4 is 5.48 Å². The summed E-state index contributed by atoms with van der Waals surface area (Å²) in [6.07, 6.45) is -3.36. The summed E-state index contributed by atoms with van der Waals surface area (Å²) in [6.45, 7) is -1.47. The number of alkyl halides is 3. The van der Waals surface area contributed by atoms with E-state index in [2.05, 4.69) is 4.84 Å². The van der Waals surface area contributed by atoms with Gasteiger partial charge in [0.25, 0.3) is 0 Å². The van der Waals surface area contributed by atoms with Crippen molar-refractivity contribution in [3.05, 3.63) is 35.4 Å². The smallest absolute Gasteiger partial charge is 0.272 e. The van der Waals surface area contributed by atoms with E-state index < -0.39 is 18.7 Å². The molecule has 0 aromatic heterocycles. The van der Waals surface area contributed by atoms with E-state index in [-0.39, 0.29) is 5.92 Å². The molecule has 0 spiro atoms. The molecule has 0 unspecified atom stereocenters. The number of carbonyl (C=O) groups excluding carboxylic acids is 1. The first-order chi connectivity index (χ1) is 8.46. The molecule has 1 aliphatic carbocycles. The van der Waals surface area contributed by atoms with Gasteiger partial charge in [0.2, 0.25) is 5.91 Å². The Morgan fingerprint density at radius 3 is 2.33 bits per heavy atom. The Hall–Kier alpha value is -1.56. The normalized spacial score (nSPS) is 15.5. The average molecular weight is 259 g/mol. The summed E-state index contributed by atoms with van der Waals surface area (Å²) in [4.78, 5) is 15.7. The number of hydrogen-bond donors (Lipinski definition) is 1. The second kappa shape index (κ2) is 4.97. The van der Waals surface area contributed by atoms with Crippen molar-refractivity contribution >= 4 is 5.91 Å². The number of nitrogens with one attached hydrogen (secondary N) is 1. The van der Waals surface area contributed by atoms with Crippen LogP contribution in [0.3, 0.4) is 0 Å². The Labute approximate surface area is 102 Å². The van der Waals surface area contributed by atoms with Gasteiger partial charge in [0, 0.05) is 5.92 Å². The van der Waals surface area contributed by atoms with Crippen molar-refractivity contribution in [3.63, 3.8) is 0 Å². The molecular formula is C12H12F3NO2. The van der Waals surface area contributed by atoms with Gasteiger partial charge in [0.1, 0.15) is 0 Å². The molecule has 0 radical (unpaired) electrons. The Bertz CT molecular complexity index is 420. The summed E-state index contributed by atoms with van der Waals surface area (Å²) < 4.78 is 35.5. The van der Waals surface area contributed by atoms with Crippen LogP contribution in [0.15, 0.2) is 24.3 Å². The van der Waals surface area contributed by atoms with Gasteiger partial charge in [-0.2, -0.15) is 13.2 Å². The average Bonchev–Trinajstić information content (AvgIpc) is 2.70. The molecule has 0 atom stereocenters. The van der Waals surface area contributed by atoms with Crippen LogP contribution in [0.1, 0.15) is 11.1 Å². The second-order valence-electron chi connectivity index (χ2n) is 4.24. The highest BCUT2D eigenvalue weighted by molar-refractivity contribution is 5.79. The summed E-state index contributed by atoms with van der Waals surface area (Å²) >= 11 is 0. The van der Waals surface area contributed by atoms with Gasteiger partial charge >= 0.3 is 6.18 Å². The van der Waals surface area contributed by atoms with Crippen molar-refractivity contribution in [2.75, 3.05) is 6.61 Å². The number of benzene rings is 1. The number of amides is 1. The van der Waals surface area contributed by atoms with Crippen LogP contribution in [0, 0.1) is 5.92 Å². The van der Waals surface area contributed by atoms with Gasteiger partial charge in [-0.15, -0.1) is 0 Å². The molecule has 0 saturated heterocycles. The molecule has 1 N–H and O–H groups in total. The third-order valence-corrected chi connectivity index (χ3v) is 2.83. The zero-order chi connectivity index (χ0) is 13.2. The van der Waals surface area contributed by atoms with E-state index in [0.717, 1.165) is 11.1 Å². The van der Waals surface area contributed by atoms with E-state index in [1.54, 1.807) is 0 Å². The number of hydroxylamine groups is 1.